The van der Waals surface area contributed by atoms with E-state index in [-0.39, 0.29) is 55.9 Å². The Kier molecular flexibility index (Phi) is 12.2. The molecule has 2 aromatic rings. The third kappa shape index (κ3) is 9.27. The topological polar surface area (TPSA) is 210 Å². The van der Waals surface area contributed by atoms with Crippen LogP contribution in [0.5, 0.6) is 0 Å². The van der Waals surface area contributed by atoms with E-state index in [1.807, 2.05) is 6.92 Å². The number of alkyl carbamates (subject to hydrolysis) is 1. The van der Waals surface area contributed by atoms with E-state index in [9.17, 15) is 41.6 Å². The predicted octanol–water partition coefficient (Wildman–Crippen LogP) is 4.53. The Labute approximate surface area is 348 Å². The molecule has 3 fully saturated rings. The SMILES string of the molecule is C=C[C@H]1C[C@]12NC(=O)[C@@H]1C[C@@H](OC(=O)N3Cc4cccc(F)c4C3)CN1C(=O)CC(NC(=O)OC1(C)CCCC1)CCCCCC(=O)Nc1ccccc1S(=O)(=O)NC2=O. The van der Waals surface area contributed by atoms with Crippen LogP contribution in [0.2, 0.25) is 0 Å². The summed E-state index contributed by atoms with van der Waals surface area (Å²) in [5.74, 6) is -3.98. The largest absolute Gasteiger partial charge is 0.444 e. The number of carbonyl (C=O) groups is 6. The molecule has 6 amide bonds. The number of nitrogens with one attached hydrogen (secondary N) is 4. The Morgan fingerprint density at radius 3 is 2.50 bits per heavy atom. The second kappa shape index (κ2) is 17.2. The number of anilines is 1. The van der Waals surface area contributed by atoms with Gasteiger partial charge in [0, 0.05) is 43.3 Å². The molecule has 16 nitrogen and oxygen atoms in total. The lowest BCUT2D eigenvalue weighted by molar-refractivity contribution is -0.140. The summed E-state index contributed by atoms with van der Waals surface area (Å²) in [6.45, 7) is 5.49. The van der Waals surface area contributed by atoms with Gasteiger partial charge < -0.3 is 30.3 Å². The lowest BCUT2D eigenvalue weighted by Gasteiger charge is -2.29. The van der Waals surface area contributed by atoms with E-state index in [4.69, 9.17) is 9.47 Å². The molecule has 60 heavy (non-hydrogen) atoms. The monoisotopic (exact) mass is 850 g/mol. The first kappa shape index (κ1) is 42.6. The fourth-order valence-corrected chi connectivity index (χ4v) is 10.0. The highest BCUT2D eigenvalue weighted by atomic mass is 32.2. The normalized spacial score (nSPS) is 28.0. The number of amides is 6. The molecule has 4 N–H and O–H groups in total. The van der Waals surface area contributed by atoms with Crippen LogP contribution in [-0.2, 0) is 51.8 Å². The van der Waals surface area contributed by atoms with Crippen molar-refractivity contribution in [1.29, 1.82) is 0 Å². The highest BCUT2D eigenvalue weighted by Gasteiger charge is 2.61. The summed E-state index contributed by atoms with van der Waals surface area (Å²) in [5, 5.41) is 8.19. The van der Waals surface area contributed by atoms with Crippen LogP contribution in [0.25, 0.3) is 0 Å². The number of rotatable bonds is 4. The molecule has 5 aliphatic rings. The number of nitrogens with zero attached hydrogens (tertiary/aromatic N) is 2. The lowest BCUT2D eigenvalue weighted by Crippen LogP contribution is -2.56. The molecule has 2 aliphatic carbocycles. The van der Waals surface area contributed by atoms with Crippen LogP contribution in [0.4, 0.5) is 19.7 Å². The Bertz CT molecular complexity index is 2180. The first-order chi connectivity index (χ1) is 28.6. The number of fused-ring (bicyclic) bond motifs is 3. The zero-order chi connectivity index (χ0) is 42.8. The predicted molar refractivity (Wildman–Crippen MR) is 214 cm³/mol. The fraction of sp³-hybridized carbons (Fsp3) is 0.524. The summed E-state index contributed by atoms with van der Waals surface area (Å²) in [4.78, 5) is 84.5. The number of sulfonamides is 1. The van der Waals surface area contributed by atoms with Crippen molar-refractivity contribution in [2.24, 2.45) is 5.92 Å². The van der Waals surface area contributed by atoms with Crippen molar-refractivity contribution in [2.45, 2.75) is 131 Å². The molecule has 2 aromatic carbocycles. The van der Waals surface area contributed by atoms with Crippen molar-refractivity contribution in [1.82, 2.24) is 25.2 Å². The number of hydrogen-bond donors (Lipinski definition) is 4. The van der Waals surface area contributed by atoms with Gasteiger partial charge in [-0.3, -0.25) is 24.1 Å². The summed E-state index contributed by atoms with van der Waals surface area (Å²) in [6.07, 6.45) is 3.58. The van der Waals surface area contributed by atoms with Crippen molar-refractivity contribution in [2.75, 3.05) is 11.9 Å². The second-order valence-corrected chi connectivity index (χ2v) is 18.4. The lowest BCUT2D eigenvalue weighted by atomic mass is 10.0. The second-order valence-electron chi connectivity index (χ2n) is 16.7. The molecule has 1 unspecified atom stereocenters. The minimum atomic E-state index is -4.59. The van der Waals surface area contributed by atoms with Gasteiger partial charge in [-0.25, -0.2) is 27.1 Å². The average molecular weight is 851 g/mol. The minimum Gasteiger partial charge on any atom is -0.444 e. The summed E-state index contributed by atoms with van der Waals surface area (Å²) >= 11 is 0. The molecule has 322 valence electrons. The van der Waals surface area contributed by atoms with Gasteiger partial charge in [0.05, 0.1) is 18.8 Å². The molecular formula is C42H51FN6O10S. The van der Waals surface area contributed by atoms with Crippen molar-refractivity contribution < 1.29 is 51.0 Å². The van der Waals surface area contributed by atoms with Crippen LogP contribution in [0.1, 0.15) is 95.1 Å². The van der Waals surface area contributed by atoms with Crippen LogP contribution in [0.3, 0.4) is 0 Å². The van der Waals surface area contributed by atoms with Crippen LogP contribution >= 0.6 is 0 Å². The third-order valence-corrected chi connectivity index (χ3v) is 13.7. The summed E-state index contributed by atoms with van der Waals surface area (Å²) in [7, 11) is -4.59. The van der Waals surface area contributed by atoms with Gasteiger partial charge in [0.15, 0.2) is 0 Å². The van der Waals surface area contributed by atoms with Gasteiger partial charge in [-0.05, 0) is 75.6 Å². The molecule has 0 aromatic heterocycles. The Hall–Kier alpha value is -5.52. The standard InChI is InChI=1S/C42H51FN6O10S/c1-3-27-22-42(27)38(53)47-60(56,57)34-16-8-7-15-32(34)45-35(50)17-6-4-5-13-28(44-39(54)59-41(2)18-9-10-19-41)20-36(51)49-24-29(21-33(49)37(52)46-42)58-40(55)48-23-26-12-11-14-31(43)30(26)25-48/h3,7-8,11-12,14-16,27-29,33H,1,4-6,9-10,13,17-25H2,2H3,(H,44,54)(H,45,50)(H,46,52)(H,47,53)/t27-,28?,29+,33-,42-/m0/s1. The highest BCUT2D eigenvalue weighted by molar-refractivity contribution is 7.90. The number of benzene rings is 2. The molecule has 7 rings (SSSR count). The van der Waals surface area contributed by atoms with E-state index in [2.05, 4.69) is 27.3 Å². The first-order valence-corrected chi connectivity index (χ1v) is 22.0. The molecular weight excluding hydrogens is 800 g/mol. The van der Waals surface area contributed by atoms with E-state index in [0.29, 0.717) is 49.7 Å². The third-order valence-electron chi connectivity index (χ3n) is 12.3. The Morgan fingerprint density at radius 2 is 1.77 bits per heavy atom. The summed E-state index contributed by atoms with van der Waals surface area (Å²) in [5.41, 5.74) is -1.43. The van der Waals surface area contributed by atoms with Gasteiger partial charge in [0.1, 0.15) is 34.0 Å². The number of carbonyl (C=O) groups excluding carboxylic acids is 6. The van der Waals surface area contributed by atoms with Crippen LogP contribution < -0.4 is 20.7 Å². The fourth-order valence-electron chi connectivity index (χ4n) is 8.81. The van der Waals surface area contributed by atoms with Gasteiger partial charge in [-0.1, -0.05) is 43.2 Å². The maximum atomic E-state index is 14.5. The molecule has 0 bridgehead atoms. The zero-order valence-electron chi connectivity index (χ0n) is 33.5. The number of para-hydroxylation sites is 1. The quantitative estimate of drug-likeness (QED) is 0.316. The molecule has 1 saturated heterocycles. The number of ether oxygens (including phenoxy) is 2. The molecule has 2 saturated carbocycles. The maximum absolute atomic E-state index is 14.5. The van der Waals surface area contributed by atoms with E-state index in [0.717, 1.165) is 12.8 Å². The van der Waals surface area contributed by atoms with Gasteiger partial charge in [0.25, 0.3) is 15.9 Å². The average Bonchev–Trinajstić information content (AvgIpc) is 3.52. The first-order valence-electron chi connectivity index (χ1n) is 20.5. The molecule has 0 radical (unpaired) electrons. The van der Waals surface area contributed by atoms with E-state index in [1.165, 1.54) is 40.1 Å². The summed E-state index contributed by atoms with van der Waals surface area (Å²) < 4.78 is 55.6. The van der Waals surface area contributed by atoms with Crippen molar-refractivity contribution in [3.63, 3.8) is 0 Å². The maximum Gasteiger partial charge on any atom is 0.410 e. The highest BCUT2D eigenvalue weighted by Crippen LogP contribution is 2.45. The van der Waals surface area contributed by atoms with Crippen LogP contribution in [-0.4, -0.2) is 89.9 Å². The van der Waals surface area contributed by atoms with Gasteiger partial charge >= 0.3 is 12.2 Å². The molecule has 3 aliphatic heterocycles. The Balaban J connectivity index is 1.15. The minimum absolute atomic E-state index is 0.000160. The van der Waals surface area contributed by atoms with E-state index in [1.54, 1.807) is 18.2 Å². The van der Waals surface area contributed by atoms with E-state index < -0.39 is 86.9 Å². The summed E-state index contributed by atoms with van der Waals surface area (Å²) in [6, 6.07) is 8.19. The zero-order valence-corrected chi connectivity index (χ0v) is 34.3. The van der Waals surface area contributed by atoms with Crippen LogP contribution in [0.15, 0.2) is 60.0 Å². The molecule has 3 heterocycles. The number of hydrogen-bond acceptors (Lipinski definition) is 10. The van der Waals surface area contributed by atoms with Crippen molar-refractivity contribution in [3.8, 4) is 0 Å². The van der Waals surface area contributed by atoms with Crippen molar-refractivity contribution >= 4 is 51.5 Å². The smallest absolute Gasteiger partial charge is 0.410 e. The van der Waals surface area contributed by atoms with E-state index >= 15 is 0 Å². The number of halogens is 1. The van der Waals surface area contributed by atoms with Crippen LogP contribution in [0, 0.1) is 11.7 Å². The van der Waals surface area contributed by atoms with Gasteiger partial charge in [0.2, 0.25) is 17.7 Å². The van der Waals surface area contributed by atoms with Gasteiger partial charge in [-0.15, -0.1) is 6.58 Å². The molecule has 1 spiro atoms. The molecule has 5 atom stereocenters. The Morgan fingerprint density at radius 1 is 1.00 bits per heavy atom. The molecule has 18 heteroatoms. The van der Waals surface area contributed by atoms with Crippen molar-refractivity contribution in [3.05, 3.63) is 72.1 Å². The van der Waals surface area contributed by atoms with Gasteiger partial charge in [-0.2, -0.15) is 0 Å².